The largest absolute Gasteiger partial charge is 0.361 e. The summed E-state index contributed by atoms with van der Waals surface area (Å²) >= 11 is 1.74. The molecule has 0 bridgehead atoms. The van der Waals surface area contributed by atoms with Gasteiger partial charge in [0, 0.05) is 44.3 Å². The molecule has 3 heterocycles. The molecule has 4 nitrogen and oxygen atoms in total. The Morgan fingerprint density at radius 3 is 2.96 bits per heavy atom. The number of aromatic nitrogens is 1. The van der Waals surface area contributed by atoms with Crippen molar-refractivity contribution in [3.63, 3.8) is 0 Å². The number of para-hydroxylation sites is 1. The van der Waals surface area contributed by atoms with E-state index < -0.39 is 0 Å². The van der Waals surface area contributed by atoms with E-state index in [-0.39, 0.29) is 5.91 Å². The molecule has 1 aliphatic rings. The van der Waals surface area contributed by atoms with E-state index in [1.54, 1.807) is 11.3 Å². The number of hydrogen-bond acceptors (Lipinski definition) is 3. The molecular formula is C19H21N3OS. The summed E-state index contributed by atoms with van der Waals surface area (Å²) in [4.78, 5) is 20.6. The van der Waals surface area contributed by atoms with Gasteiger partial charge in [0.25, 0.3) is 5.91 Å². The summed E-state index contributed by atoms with van der Waals surface area (Å²) in [6, 6.07) is 10.1. The zero-order valence-corrected chi connectivity index (χ0v) is 14.4. The van der Waals surface area contributed by atoms with Gasteiger partial charge >= 0.3 is 0 Å². The van der Waals surface area contributed by atoms with Gasteiger partial charge in [0.15, 0.2) is 0 Å². The van der Waals surface area contributed by atoms with Gasteiger partial charge < -0.3 is 9.88 Å². The molecule has 3 aromatic rings. The highest BCUT2D eigenvalue weighted by Gasteiger charge is 2.22. The first-order valence-electron chi connectivity index (χ1n) is 8.40. The Bertz CT molecular complexity index is 824. The second-order valence-corrected chi connectivity index (χ2v) is 7.08. The fraction of sp³-hybridized carbons (Fsp3) is 0.316. The van der Waals surface area contributed by atoms with Gasteiger partial charge in [-0.3, -0.25) is 9.69 Å². The first-order chi connectivity index (χ1) is 11.8. The van der Waals surface area contributed by atoms with Crippen LogP contribution in [0, 0.1) is 0 Å². The van der Waals surface area contributed by atoms with Crippen molar-refractivity contribution in [2.75, 3.05) is 26.2 Å². The van der Waals surface area contributed by atoms with Crippen LogP contribution in [0.5, 0.6) is 0 Å². The van der Waals surface area contributed by atoms with Crippen LogP contribution in [-0.2, 0) is 6.54 Å². The Labute approximate surface area is 145 Å². The Morgan fingerprint density at radius 1 is 1.12 bits per heavy atom. The molecule has 4 rings (SSSR count). The molecule has 0 atom stereocenters. The number of carbonyl (C=O) groups excluding carboxylic acids is 1. The van der Waals surface area contributed by atoms with Crippen molar-refractivity contribution in [2.45, 2.75) is 13.0 Å². The summed E-state index contributed by atoms with van der Waals surface area (Å²) in [7, 11) is 0. The number of nitrogens with zero attached hydrogens (tertiary/aromatic N) is 2. The van der Waals surface area contributed by atoms with E-state index in [2.05, 4.69) is 26.7 Å². The molecule has 0 spiro atoms. The van der Waals surface area contributed by atoms with Crippen LogP contribution in [0.15, 0.2) is 47.3 Å². The first kappa shape index (κ1) is 15.4. The number of rotatable bonds is 3. The lowest BCUT2D eigenvalue weighted by Crippen LogP contribution is -2.35. The molecule has 124 valence electrons. The molecule has 1 aliphatic heterocycles. The van der Waals surface area contributed by atoms with Gasteiger partial charge in [-0.15, -0.1) is 0 Å². The summed E-state index contributed by atoms with van der Waals surface area (Å²) < 4.78 is 0. The van der Waals surface area contributed by atoms with Gasteiger partial charge in [0.05, 0.1) is 11.1 Å². The quantitative estimate of drug-likeness (QED) is 0.792. The van der Waals surface area contributed by atoms with E-state index in [0.29, 0.717) is 0 Å². The third kappa shape index (κ3) is 3.09. The second-order valence-electron chi connectivity index (χ2n) is 6.30. The average Bonchev–Trinajstić information content (AvgIpc) is 3.22. The zero-order chi connectivity index (χ0) is 16.4. The van der Waals surface area contributed by atoms with Gasteiger partial charge in [-0.05, 0) is 40.9 Å². The average molecular weight is 339 g/mol. The van der Waals surface area contributed by atoms with E-state index in [1.807, 2.05) is 35.4 Å². The highest BCUT2D eigenvalue weighted by Crippen LogP contribution is 2.20. The van der Waals surface area contributed by atoms with Crippen LogP contribution in [0.25, 0.3) is 10.9 Å². The van der Waals surface area contributed by atoms with Gasteiger partial charge in [0.2, 0.25) is 0 Å². The smallest absolute Gasteiger partial charge is 0.256 e. The van der Waals surface area contributed by atoms with Crippen molar-refractivity contribution < 1.29 is 4.79 Å². The summed E-state index contributed by atoms with van der Waals surface area (Å²) in [6.07, 6.45) is 2.92. The molecule has 0 saturated carbocycles. The lowest BCUT2D eigenvalue weighted by molar-refractivity contribution is 0.0763. The van der Waals surface area contributed by atoms with Crippen LogP contribution in [0.4, 0.5) is 0 Å². The van der Waals surface area contributed by atoms with Gasteiger partial charge in [-0.1, -0.05) is 12.1 Å². The number of nitrogens with one attached hydrogen (secondary N) is 1. The Hall–Kier alpha value is -2.11. The van der Waals surface area contributed by atoms with Crippen LogP contribution >= 0.6 is 11.3 Å². The number of aromatic amines is 1. The Morgan fingerprint density at radius 2 is 2.08 bits per heavy atom. The van der Waals surface area contributed by atoms with E-state index in [4.69, 9.17) is 0 Å². The molecule has 1 saturated heterocycles. The number of amides is 1. The second kappa shape index (κ2) is 6.79. The maximum Gasteiger partial charge on any atom is 0.256 e. The maximum atomic E-state index is 13.0. The first-order valence-corrected chi connectivity index (χ1v) is 9.34. The third-order valence-electron chi connectivity index (χ3n) is 4.68. The number of hydrogen-bond donors (Lipinski definition) is 1. The number of H-pyrrole nitrogens is 1. The minimum Gasteiger partial charge on any atom is -0.361 e. The summed E-state index contributed by atoms with van der Waals surface area (Å²) in [5.74, 6) is 0.139. The minimum absolute atomic E-state index is 0.139. The number of fused-ring (bicyclic) bond motifs is 1. The minimum atomic E-state index is 0.139. The fourth-order valence-electron chi connectivity index (χ4n) is 3.41. The van der Waals surface area contributed by atoms with E-state index in [1.165, 1.54) is 5.56 Å². The predicted octanol–water partition coefficient (Wildman–Crippen LogP) is 3.58. The summed E-state index contributed by atoms with van der Waals surface area (Å²) in [5, 5.41) is 5.43. The zero-order valence-electron chi connectivity index (χ0n) is 13.6. The summed E-state index contributed by atoms with van der Waals surface area (Å²) in [5.41, 5.74) is 3.10. The van der Waals surface area contributed by atoms with Crippen LogP contribution in [0.2, 0.25) is 0 Å². The molecule has 24 heavy (non-hydrogen) atoms. The predicted molar refractivity (Wildman–Crippen MR) is 98.4 cm³/mol. The van der Waals surface area contributed by atoms with Crippen molar-refractivity contribution in [3.8, 4) is 0 Å². The van der Waals surface area contributed by atoms with Gasteiger partial charge in [-0.2, -0.15) is 11.3 Å². The topological polar surface area (TPSA) is 39.3 Å². The lowest BCUT2D eigenvalue weighted by atomic mass is 10.1. The van der Waals surface area contributed by atoms with Crippen molar-refractivity contribution in [3.05, 3.63) is 58.4 Å². The fourth-order valence-corrected chi connectivity index (χ4v) is 4.07. The maximum absolute atomic E-state index is 13.0. The number of benzene rings is 1. The summed E-state index contributed by atoms with van der Waals surface area (Å²) in [6.45, 7) is 4.59. The van der Waals surface area contributed by atoms with Crippen molar-refractivity contribution >= 4 is 28.1 Å². The van der Waals surface area contributed by atoms with E-state index >= 15 is 0 Å². The van der Waals surface area contributed by atoms with Crippen LogP contribution < -0.4 is 0 Å². The monoisotopic (exact) mass is 339 g/mol. The van der Waals surface area contributed by atoms with E-state index in [0.717, 1.165) is 55.6 Å². The van der Waals surface area contributed by atoms with Crippen LogP contribution in [-0.4, -0.2) is 46.9 Å². The molecular weight excluding hydrogens is 318 g/mol. The molecule has 2 aromatic heterocycles. The normalized spacial score (nSPS) is 16.4. The van der Waals surface area contributed by atoms with Gasteiger partial charge in [0.1, 0.15) is 0 Å². The number of thiophene rings is 1. The van der Waals surface area contributed by atoms with Gasteiger partial charge in [-0.25, -0.2) is 0 Å². The SMILES string of the molecule is O=C(c1cccc2cc[nH]c12)N1CCCN(Cc2ccsc2)CC1. The molecule has 0 unspecified atom stereocenters. The van der Waals surface area contributed by atoms with Crippen LogP contribution in [0.3, 0.4) is 0 Å². The molecule has 1 amide bonds. The molecule has 1 fully saturated rings. The molecule has 1 aromatic carbocycles. The molecule has 0 radical (unpaired) electrons. The highest BCUT2D eigenvalue weighted by molar-refractivity contribution is 7.07. The lowest BCUT2D eigenvalue weighted by Gasteiger charge is -2.22. The molecule has 5 heteroatoms. The van der Waals surface area contributed by atoms with Crippen molar-refractivity contribution in [1.82, 2.24) is 14.8 Å². The Kier molecular flexibility index (Phi) is 4.36. The standard InChI is InChI=1S/C19H21N3OS/c23-19(17-4-1-3-16-5-7-20-18(16)17)22-9-2-8-21(10-11-22)13-15-6-12-24-14-15/h1,3-7,12,14,20H,2,8-11,13H2. The highest BCUT2D eigenvalue weighted by atomic mass is 32.1. The Balaban J connectivity index is 1.47. The van der Waals surface area contributed by atoms with Crippen molar-refractivity contribution in [2.24, 2.45) is 0 Å². The third-order valence-corrected chi connectivity index (χ3v) is 5.41. The number of carbonyl (C=O) groups is 1. The van der Waals surface area contributed by atoms with Crippen molar-refractivity contribution in [1.29, 1.82) is 0 Å². The molecule has 0 aliphatic carbocycles. The van der Waals surface area contributed by atoms with E-state index in [9.17, 15) is 4.79 Å². The molecule has 1 N–H and O–H groups in total. The van der Waals surface area contributed by atoms with Crippen LogP contribution in [0.1, 0.15) is 22.3 Å².